The molecule has 0 fully saturated rings. The lowest BCUT2D eigenvalue weighted by Gasteiger charge is -1.99. The minimum absolute atomic E-state index is 0. The van der Waals surface area contributed by atoms with Crippen LogP contribution in [0.2, 0.25) is 0 Å². The van der Waals surface area contributed by atoms with E-state index < -0.39 is 10.1 Å². The van der Waals surface area contributed by atoms with E-state index in [9.17, 15) is 8.42 Å². The van der Waals surface area contributed by atoms with Gasteiger partial charge < -0.3 is 5.32 Å². The van der Waals surface area contributed by atoms with E-state index in [1.165, 1.54) is 12.1 Å². The van der Waals surface area contributed by atoms with Crippen LogP contribution in [-0.4, -0.2) is 20.0 Å². The molecule has 1 aromatic carbocycles. The Morgan fingerprint density at radius 3 is 2.00 bits per heavy atom. The van der Waals surface area contributed by atoms with Crippen LogP contribution in [0.3, 0.4) is 0 Å². The minimum atomic E-state index is -4.06. The number of rotatable bonds is 2. The quantitative estimate of drug-likeness (QED) is 0.717. The molecule has 0 aliphatic heterocycles. The summed E-state index contributed by atoms with van der Waals surface area (Å²) in [6, 6.07) is 5.81. The van der Waals surface area contributed by atoms with E-state index in [4.69, 9.17) is 4.55 Å². The Kier molecular flexibility index (Phi) is 3.90. The smallest absolute Gasteiger partial charge is 0.294 e. The van der Waals surface area contributed by atoms with E-state index in [1.807, 2.05) is 0 Å². The predicted octanol–water partition coefficient (Wildman–Crippen LogP) is 1.61. The monoisotopic (exact) mass is 203 g/mol. The second kappa shape index (κ2) is 4.25. The van der Waals surface area contributed by atoms with Crippen molar-refractivity contribution in [2.24, 2.45) is 0 Å². The summed E-state index contributed by atoms with van der Waals surface area (Å²) in [7, 11) is -2.33. The topological polar surface area (TPSA) is 66.4 Å². The van der Waals surface area contributed by atoms with Crippen LogP contribution in [0.15, 0.2) is 29.2 Å². The SMILES string of the molecule is C.CNc1ccc(S(=O)(=O)O)cc1. The third-order valence-electron chi connectivity index (χ3n) is 1.44. The number of benzene rings is 1. The maximum Gasteiger partial charge on any atom is 0.294 e. The van der Waals surface area contributed by atoms with Crippen LogP contribution < -0.4 is 5.32 Å². The third-order valence-corrected chi connectivity index (χ3v) is 2.31. The zero-order valence-electron chi connectivity index (χ0n) is 6.48. The van der Waals surface area contributed by atoms with Gasteiger partial charge in [0.1, 0.15) is 0 Å². The molecule has 0 aromatic heterocycles. The molecule has 0 spiro atoms. The summed E-state index contributed by atoms with van der Waals surface area (Å²) < 4.78 is 29.7. The van der Waals surface area contributed by atoms with Crippen LogP contribution in [0.4, 0.5) is 5.69 Å². The molecule has 0 atom stereocenters. The van der Waals surface area contributed by atoms with Crippen molar-refractivity contribution in [3.63, 3.8) is 0 Å². The standard InChI is InChI=1S/C7H9NO3S.CH4/c1-8-6-2-4-7(5-3-6)12(9,10)11;/h2-5,8H,1H3,(H,9,10,11);1H4. The van der Waals surface area contributed by atoms with E-state index in [0.717, 1.165) is 5.69 Å². The Morgan fingerprint density at radius 1 is 1.23 bits per heavy atom. The normalized spacial score (nSPS) is 10.3. The highest BCUT2D eigenvalue weighted by Crippen LogP contribution is 2.12. The second-order valence-corrected chi connectivity index (χ2v) is 3.67. The zero-order valence-corrected chi connectivity index (χ0v) is 7.30. The summed E-state index contributed by atoms with van der Waals surface area (Å²) in [5, 5.41) is 2.83. The Bertz CT molecular complexity index is 355. The fourth-order valence-electron chi connectivity index (χ4n) is 0.794. The van der Waals surface area contributed by atoms with Crippen LogP contribution in [0.5, 0.6) is 0 Å². The van der Waals surface area contributed by atoms with Crippen LogP contribution in [-0.2, 0) is 10.1 Å². The largest absolute Gasteiger partial charge is 0.388 e. The van der Waals surface area contributed by atoms with Crippen molar-refractivity contribution < 1.29 is 13.0 Å². The molecule has 0 unspecified atom stereocenters. The number of anilines is 1. The number of nitrogens with one attached hydrogen (secondary N) is 1. The summed E-state index contributed by atoms with van der Waals surface area (Å²) in [6.07, 6.45) is 0. The van der Waals surface area contributed by atoms with Crippen molar-refractivity contribution in [3.05, 3.63) is 24.3 Å². The summed E-state index contributed by atoms with van der Waals surface area (Å²) in [4.78, 5) is -0.0958. The average Bonchev–Trinajstić information content (AvgIpc) is 2.03. The van der Waals surface area contributed by atoms with Gasteiger partial charge in [0, 0.05) is 12.7 Å². The van der Waals surface area contributed by atoms with Gasteiger partial charge in [-0.05, 0) is 24.3 Å². The van der Waals surface area contributed by atoms with Gasteiger partial charge in [-0.1, -0.05) is 7.43 Å². The minimum Gasteiger partial charge on any atom is -0.388 e. The molecule has 0 aliphatic rings. The van der Waals surface area contributed by atoms with E-state index in [0.29, 0.717) is 0 Å². The fraction of sp³-hybridized carbons (Fsp3) is 0.250. The molecule has 5 heteroatoms. The van der Waals surface area contributed by atoms with Gasteiger partial charge in [-0.2, -0.15) is 8.42 Å². The fourth-order valence-corrected chi connectivity index (χ4v) is 1.27. The Balaban J connectivity index is 0.00000144. The molecule has 4 nitrogen and oxygen atoms in total. The van der Waals surface area contributed by atoms with Gasteiger partial charge in [-0.15, -0.1) is 0 Å². The molecule has 13 heavy (non-hydrogen) atoms. The second-order valence-electron chi connectivity index (χ2n) is 2.25. The highest BCUT2D eigenvalue weighted by atomic mass is 32.2. The van der Waals surface area contributed by atoms with Crippen molar-refractivity contribution in [2.45, 2.75) is 12.3 Å². The first-order chi connectivity index (χ1) is 5.54. The maximum atomic E-state index is 10.6. The first kappa shape index (κ1) is 11.9. The van der Waals surface area contributed by atoms with Crippen LogP contribution in [0.25, 0.3) is 0 Å². The number of hydrogen-bond acceptors (Lipinski definition) is 3. The van der Waals surface area contributed by atoms with Crippen molar-refractivity contribution in [2.75, 3.05) is 12.4 Å². The van der Waals surface area contributed by atoms with Crippen molar-refractivity contribution in [3.8, 4) is 0 Å². The van der Waals surface area contributed by atoms with Crippen LogP contribution >= 0.6 is 0 Å². The van der Waals surface area contributed by atoms with Crippen molar-refractivity contribution in [1.82, 2.24) is 0 Å². The van der Waals surface area contributed by atoms with Crippen molar-refractivity contribution in [1.29, 1.82) is 0 Å². The molecule has 1 rings (SSSR count). The van der Waals surface area contributed by atoms with Gasteiger partial charge in [0.15, 0.2) is 0 Å². The molecule has 74 valence electrons. The van der Waals surface area contributed by atoms with E-state index in [1.54, 1.807) is 19.2 Å². The van der Waals surface area contributed by atoms with Gasteiger partial charge in [0.25, 0.3) is 10.1 Å². The predicted molar refractivity (Wildman–Crippen MR) is 52.5 cm³/mol. The Labute approximate surface area is 78.3 Å². The summed E-state index contributed by atoms with van der Waals surface area (Å²) in [5.74, 6) is 0. The molecule has 0 radical (unpaired) electrons. The summed E-state index contributed by atoms with van der Waals surface area (Å²) >= 11 is 0. The van der Waals surface area contributed by atoms with Crippen molar-refractivity contribution >= 4 is 15.8 Å². The lowest BCUT2D eigenvalue weighted by molar-refractivity contribution is 0.483. The summed E-state index contributed by atoms with van der Waals surface area (Å²) in [6.45, 7) is 0. The molecule has 0 amide bonds. The molecule has 1 aromatic rings. The van der Waals surface area contributed by atoms with Gasteiger partial charge in [0.2, 0.25) is 0 Å². The molecular weight excluding hydrogens is 190 g/mol. The maximum absolute atomic E-state index is 10.6. The molecular formula is C8H13NO3S. The highest BCUT2D eigenvalue weighted by molar-refractivity contribution is 7.85. The lowest BCUT2D eigenvalue weighted by Crippen LogP contribution is -1.97. The molecule has 0 saturated heterocycles. The van der Waals surface area contributed by atoms with Crippen LogP contribution in [0, 0.1) is 0 Å². The van der Waals surface area contributed by atoms with Gasteiger partial charge >= 0.3 is 0 Å². The first-order valence-corrected chi connectivity index (χ1v) is 4.73. The molecule has 0 aliphatic carbocycles. The molecule has 0 heterocycles. The molecule has 0 saturated carbocycles. The van der Waals surface area contributed by atoms with Crippen LogP contribution in [0.1, 0.15) is 7.43 Å². The van der Waals surface area contributed by atoms with E-state index >= 15 is 0 Å². The van der Waals surface area contributed by atoms with Gasteiger partial charge in [-0.3, -0.25) is 4.55 Å². The Morgan fingerprint density at radius 2 is 1.69 bits per heavy atom. The summed E-state index contributed by atoms with van der Waals surface area (Å²) in [5.41, 5.74) is 0.794. The molecule has 0 bridgehead atoms. The lowest BCUT2D eigenvalue weighted by atomic mass is 10.3. The van der Waals surface area contributed by atoms with E-state index in [2.05, 4.69) is 5.32 Å². The third kappa shape index (κ3) is 3.04. The van der Waals surface area contributed by atoms with Gasteiger partial charge in [-0.25, -0.2) is 0 Å². The first-order valence-electron chi connectivity index (χ1n) is 3.29. The van der Waals surface area contributed by atoms with Gasteiger partial charge in [0.05, 0.1) is 4.90 Å². The highest BCUT2D eigenvalue weighted by Gasteiger charge is 2.07. The average molecular weight is 203 g/mol. The van der Waals surface area contributed by atoms with E-state index in [-0.39, 0.29) is 12.3 Å². The number of hydrogen-bond donors (Lipinski definition) is 2. The Hall–Kier alpha value is -1.07. The molecule has 2 N–H and O–H groups in total. The zero-order chi connectivity index (χ0) is 9.19.